The van der Waals surface area contributed by atoms with Gasteiger partial charge in [0.15, 0.2) is 0 Å². The molecule has 0 radical (unpaired) electrons. The second-order valence-electron chi connectivity index (χ2n) is 5.11. The van der Waals surface area contributed by atoms with Crippen molar-refractivity contribution in [3.63, 3.8) is 0 Å². The number of hydrogen-bond donors (Lipinski definition) is 1. The Kier molecular flexibility index (Phi) is 6.86. The van der Waals surface area contributed by atoms with Gasteiger partial charge in [0.2, 0.25) is 5.91 Å². The normalized spacial score (nSPS) is 12.0. The third-order valence-electron chi connectivity index (χ3n) is 3.53. The van der Waals surface area contributed by atoms with Gasteiger partial charge in [-0.1, -0.05) is 17.7 Å². The molecule has 1 rings (SSSR count). The van der Waals surface area contributed by atoms with Gasteiger partial charge in [-0.05, 0) is 33.0 Å². The van der Waals surface area contributed by atoms with Crippen LogP contribution >= 0.6 is 0 Å². The number of aliphatic hydroxyl groups is 1. The average molecular weight is 289 g/mol. The van der Waals surface area contributed by atoms with Crippen LogP contribution in [0.3, 0.4) is 0 Å². The van der Waals surface area contributed by atoms with Crippen molar-refractivity contribution < 1.29 is 9.90 Å². The van der Waals surface area contributed by atoms with Gasteiger partial charge in [0.1, 0.15) is 0 Å². The number of nitrogens with zero attached hydrogens (tertiary/aromatic N) is 3. The molecule has 21 heavy (non-hydrogen) atoms. The van der Waals surface area contributed by atoms with E-state index in [0.717, 1.165) is 11.3 Å². The molecule has 0 aromatic heterocycles. The monoisotopic (exact) mass is 289 g/mol. The van der Waals surface area contributed by atoms with Crippen LogP contribution in [0.4, 0.5) is 5.69 Å². The highest BCUT2D eigenvalue weighted by atomic mass is 16.3. The van der Waals surface area contributed by atoms with E-state index >= 15 is 0 Å². The van der Waals surface area contributed by atoms with Gasteiger partial charge in [-0.2, -0.15) is 5.26 Å². The summed E-state index contributed by atoms with van der Waals surface area (Å²) in [5.74, 6) is -0.0648. The molecule has 0 aliphatic heterocycles. The Bertz CT molecular complexity index is 493. The standard InChI is InChI=1S/C16H23N3O2/c1-13-5-7-15(8-6-13)19(10-4-9-17)16(21)14(2)18(3)11-12-20/h5-8,14,20H,4,10-12H2,1-3H3. The molecule has 1 amide bonds. The molecule has 114 valence electrons. The Labute approximate surface area is 126 Å². The molecule has 1 atom stereocenters. The van der Waals surface area contributed by atoms with Crippen molar-refractivity contribution in [2.24, 2.45) is 0 Å². The van der Waals surface area contributed by atoms with Crippen LogP contribution in [0.15, 0.2) is 24.3 Å². The van der Waals surface area contributed by atoms with Crippen LogP contribution in [0.1, 0.15) is 18.9 Å². The number of hydrogen-bond acceptors (Lipinski definition) is 4. The number of aliphatic hydroxyl groups excluding tert-OH is 1. The predicted molar refractivity (Wildman–Crippen MR) is 82.9 cm³/mol. The third kappa shape index (κ3) is 4.85. The van der Waals surface area contributed by atoms with Gasteiger partial charge < -0.3 is 10.0 Å². The average Bonchev–Trinajstić information content (AvgIpc) is 2.48. The lowest BCUT2D eigenvalue weighted by Gasteiger charge is -2.30. The molecule has 0 aliphatic rings. The maximum atomic E-state index is 12.6. The van der Waals surface area contributed by atoms with E-state index in [2.05, 4.69) is 6.07 Å². The Morgan fingerprint density at radius 3 is 2.48 bits per heavy atom. The Morgan fingerprint density at radius 1 is 1.33 bits per heavy atom. The predicted octanol–water partition coefficient (Wildman–Crippen LogP) is 1.55. The van der Waals surface area contributed by atoms with Gasteiger partial charge in [-0.3, -0.25) is 9.69 Å². The molecule has 1 aromatic rings. The highest BCUT2D eigenvalue weighted by Crippen LogP contribution is 2.17. The number of amides is 1. The molecular formula is C16H23N3O2. The second kappa shape index (κ2) is 8.40. The molecule has 0 heterocycles. The fourth-order valence-electron chi connectivity index (χ4n) is 2.02. The minimum Gasteiger partial charge on any atom is -0.395 e. The maximum absolute atomic E-state index is 12.6. The fraction of sp³-hybridized carbons (Fsp3) is 0.500. The lowest BCUT2D eigenvalue weighted by Crippen LogP contribution is -2.47. The molecule has 0 spiro atoms. The van der Waals surface area contributed by atoms with Gasteiger partial charge in [0.05, 0.1) is 25.1 Å². The van der Waals surface area contributed by atoms with Crippen molar-refractivity contribution in [3.8, 4) is 6.07 Å². The SMILES string of the molecule is Cc1ccc(N(CCC#N)C(=O)C(C)N(C)CCO)cc1. The first kappa shape index (κ1) is 17.2. The fourth-order valence-corrected chi connectivity index (χ4v) is 2.02. The molecule has 1 N–H and O–H groups in total. The zero-order chi connectivity index (χ0) is 15.8. The van der Waals surface area contributed by atoms with E-state index in [1.165, 1.54) is 0 Å². The van der Waals surface area contributed by atoms with E-state index < -0.39 is 0 Å². The largest absolute Gasteiger partial charge is 0.395 e. The Hall–Kier alpha value is -1.90. The van der Waals surface area contributed by atoms with E-state index in [9.17, 15) is 4.79 Å². The van der Waals surface area contributed by atoms with Crippen molar-refractivity contribution in [2.45, 2.75) is 26.3 Å². The summed E-state index contributed by atoms with van der Waals surface area (Å²) in [4.78, 5) is 16.1. The first-order chi connectivity index (χ1) is 10.0. The highest BCUT2D eigenvalue weighted by molar-refractivity contribution is 5.96. The highest BCUT2D eigenvalue weighted by Gasteiger charge is 2.24. The van der Waals surface area contributed by atoms with Crippen molar-refractivity contribution >= 4 is 11.6 Å². The van der Waals surface area contributed by atoms with Crippen LogP contribution in [-0.2, 0) is 4.79 Å². The first-order valence-electron chi connectivity index (χ1n) is 7.07. The molecule has 1 aromatic carbocycles. The molecular weight excluding hydrogens is 266 g/mol. The van der Waals surface area contributed by atoms with Gasteiger partial charge in [0, 0.05) is 18.8 Å². The molecule has 0 saturated carbocycles. The zero-order valence-electron chi connectivity index (χ0n) is 12.9. The quantitative estimate of drug-likeness (QED) is 0.827. The number of rotatable bonds is 7. The molecule has 5 nitrogen and oxygen atoms in total. The summed E-state index contributed by atoms with van der Waals surface area (Å²) in [6, 6.07) is 9.41. The zero-order valence-corrected chi connectivity index (χ0v) is 12.9. The van der Waals surface area contributed by atoms with Gasteiger partial charge in [0.25, 0.3) is 0 Å². The topological polar surface area (TPSA) is 67.6 Å². The van der Waals surface area contributed by atoms with Crippen LogP contribution < -0.4 is 4.90 Å². The van der Waals surface area contributed by atoms with Crippen molar-refractivity contribution in [2.75, 3.05) is 31.6 Å². The molecule has 0 fully saturated rings. The maximum Gasteiger partial charge on any atom is 0.244 e. The van der Waals surface area contributed by atoms with Gasteiger partial charge >= 0.3 is 0 Å². The van der Waals surface area contributed by atoms with Crippen LogP contribution in [0, 0.1) is 18.3 Å². The van der Waals surface area contributed by atoms with E-state index in [0.29, 0.717) is 13.1 Å². The summed E-state index contributed by atoms with van der Waals surface area (Å²) in [6.45, 7) is 4.62. The number of nitriles is 1. The smallest absolute Gasteiger partial charge is 0.244 e. The Balaban J connectivity index is 2.93. The summed E-state index contributed by atoms with van der Waals surface area (Å²) in [5.41, 5.74) is 1.92. The van der Waals surface area contributed by atoms with Crippen LogP contribution in [0.5, 0.6) is 0 Å². The van der Waals surface area contributed by atoms with Gasteiger partial charge in [-0.25, -0.2) is 0 Å². The summed E-state index contributed by atoms with van der Waals surface area (Å²) >= 11 is 0. The minimum atomic E-state index is -0.350. The van der Waals surface area contributed by atoms with E-state index in [-0.39, 0.29) is 25.0 Å². The van der Waals surface area contributed by atoms with Crippen molar-refractivity contribution in [1.82, 2.24) is 4.90 Å². The number of aryl methyl sites for hydroxylation is 1. The van der Waals surface area contributed by atoms with Crippen LogP contribution in [0.2, 0.25) is 0 Å². The van der Waals surface area contributed by atoms with Crippen molar-refractivity contribution in [1.29, 1.82) is 5.26 Å². The van der Waals surface area contributed by atoms with Gasteiger partial charge in [-0.15, -0.1) is 0 Å². The number of carbonyl (C=O) groups excluding carboxylic acids is 1. The second-order valence-corrected chi connectivity index (χ2v) is 5.11. The lowest BCUT2D eigenvalue weighted by molar-refractivity contribution is -0.122. The summed E-state index contributed by atoms with van der Waals surface area (Å²) < 4.78 is 0. The summed E-state index contributed by atoms with van der Waals surface area (Å²) in [5, 5.41) is 17.8. The number of carbonyl (C=O) groups is 1. The number of anilines is 1. The third-order valence-corrected chi connectivity index (χ3v) is 3.53. The van der Waals surface area contributed by atoms with E-state index in [4.69, 9.17) is 10.4 Å². The summed E-state index contributed by atoms with van der Waals surface area (Å²) in [7, 11) is 1.80. The molecule has 1 unspecified atom stereocenters. The minimum absolute atomic E-state index is 0.0108. The van der Waals surface area contributed by atoms with Crippen LogP contribution in [0.25, 0.3) is 0 Å². The van der Waals surface area contributed by atoms with Crippen LogP contribution in [-0.4, -0.2) is 48.7 Å². The summed E-state index contributed by atoms with van der Waals surface area (Å²) in [6.07, 6.45) is 0.288. The number of benzene rings is 1. The molecule has 0 bridgehead atoms. The molecule has 5 heteroatoms. The first-order valence-corrected chi connectivity index (χ1v) is 7.07. The van der Waals surface area contributed by atoms with Crippen molar-refractivity contribution in [3.05, 3.63) is 29.8 Å². The number of likely N-dealkylation sites (N-methyl/N-ethyl adjacent to an activating group) is 1. The Morgan fingerprint density at radius 2 is 1.95 bits per heavy atom. The van der Waals surface area contributed by atoms with E-state index in [1.807, 2.05) is 38.1 Å². The van der Waals surface area contributed by atoms with E-state index in [1.54, 1.807) is 16.8 Å². The molecule has 0 saturated heterocycles. The lowest BCUT2D eigenvalue weighted by atomic mass is 10.1. The molecule has 0 aliphatic carbocycles.